The Balaban J connectivity index is 2.14. The van der Waals surface area contributed by atoms with Crippen molar-refractivity contribution < 1.29 is 9.59 Å². The van der Waals surface area contributed by atoms with Crippen LogP contribution in [-0.4, -0.2) is 35.1 Å². The number of carbonyl (C=O) groups excluding carboxylic acids is 2. The Hall–Kier alpha value is -2.27. The van der Waals surface area contributed by atoms with Crippen LogP contribution in [0, 0.1) is 5.92 Å². The van der Waals surface area contributed by atoms with Crippen LogP contribution in [-0.2, 0) is 16.1 Å². The predicted octanol–water partition coefficient (Wildman–Crippen LogP) is 4.36. The van der Waals surface area contributed by atoms with Crippen LogP contribution in [0.15, 0.2) is 65.6 Å². The minimum absolute atomic E-state index is 0.0238. The Labute approximate surface area is 172 Å². The highest BCUT2D eigenvalue weighted by atomic mass is 32.2. The molecule has 1 atom stereocenters. The van der Waals surface area contributed by atoms with Crippen molar-refractivity contribution in [2.24, 2.45) is 5.92 Å². The van der Waals surface area contributed by atoms with Crippen LogP contribution >= 0.6 is 11.8 Å². The Bertz CT molecular complexity index is 735. The van der Waals surface area contributed by atoms with Gasteiger partial charge < -0.3 is 10.2 Å². The summed E-state index contributed by atoms with van der Waals surface area (Å²) < 4.78 is 0. The Morgan fingerprint density at radius 2 is 1.61 bits per heavy atom. The van der Waals surface area contributed by atoms with Crippen molar-refractivity contribution in [2.45, 2.75) is 44.7 Å². The smallest absolute Gasteiger partial charge is 0.242 e. The zero-order chi connectivity index (χ0) is 20.4. The molecule has 0 saturated heterocycles. The molecule has 0 bridgehead atoms. The van der Waals surface area contributed by atoms with Gasteiger partial charge in [-0.25, -0.2) is 0 Å². The molecule has 0 fully saturated rings. The van der Waals surface area contributed by atoms with E-state index >= 15 is 0 Å². The van der Waals surface area contributed by atoms with E-state index < -0.39 is 6.04 Å². The summed E-state index contributed by atoms with van der Waals surface area (Å²) in [4.78, 5) is 28.6. The molecule has 28 heavy (non-hydrogen) atoms. The summed E-state index contributed by atoms with van der Waals surface area (Å²) in [6, 6.07) is 19.2. The summed E-state index contributed by atoms with van der Waals surface area (Å²) in [6.45, 7) is 7.12. The number of hydrogen-bond acceptors (Lipinski definition) is 3. The summed E-state index contributed by atoms with van der Waals surface area (Å²) in [5, 5.41) is 2.99. The highest BCUT2D eigenvalue weighted by molar-refractivity contribution is 8.00. The molecule has 150 valence electrons. The van der Waals surface area contributed by atoms with E-state index in [2.05, 4.69) is 19.2 Å². The van der Waals surface area contributed by atoms with Crippen molar-refractivity contribution >= 4 is 23.6 Å². The van der Waals surface area contributed by atoms with Gasteiger partial charge in [-0.3, -0.25) is 9.59 Å². The maximum atomic E-state index is 13.1. The van der Waals surface area contributed by atoms with Gasteiger partial charge in [-0.15, -0.1) is 11.8 Å². The Morgan fingerprint density at radius 1 is 1.00 bits per heavy atom. The van der Waals surface area contributed by atoms with Gasteiger partial charge in [0.15, 0.2) is 0 Å². The van der Waals surface area contributed by atoms with Crippen LogP contribution in [0.25, 0.3) is 0 Å². The lowest BCUT2D eigenvalue weighted by Crippen LogP contribution is -2.50. The highest BCUT2D eigenvalue weighted by Crippen LogP contribution is 2.20. The van der Waals surface area contributed by atoms with Crippen molar-refractivity contribution in [3.8, 4) is 0 Å². The van der Waals surface area contributed by atoms with Crippen LogP contribution in [0.3, 0.4) is 0 Å². The number of hydrogen-bond donors (Lipinski definition) is 1. The SMILES string of the molecule is CC[C@H](C(=O)NCC(C)C)N(Cc1ccccc1)C(=O)CSc1ccccc1. The maximum absolute atomic E-state index is 13.1. The second-order valence-corrected chi connectivity index (χ2v) is 8.22. The number of amides is 2. The van der Waals surface area contributed by atoms with Gasteiger partial charge in [0.05, 0.1) is 5.75 Å². The standard InChI is InChI=1S/C23H30N2O2S/c1-4-21(23(27)24-15-18(2)3)25(16-19-11-7-5-8-12-19)22(26)17-28-20-13-9-6-10-14-20/h5-14,18,21H,4,15-17H2,1-3H3,(H,24,27)/t21-/m1/s1. The molecule has 0 heterocycles. The first-order valence-corrected chi connectivity index (χ1v) is 10.8. The molecule has 0 spiro atoms. The van der Waals surface area contributed by atoms with Crippen molar-refractivity contribution in [3.05, 3.63) is 66.2 Å². The summed E-state index contributed by atoms with van der Waals surface area (Å²) in [6.07, 6.45) is 0.582. The molecule has 0 saturated carbocycles. The van der Waals surface area contributed by atoms with Gasteiger partial charge in [0, 0.05) is 18.0 Å². The fourth-order valence-corrected chi connectivity index (χ4v) is 3.67. The molecule has 0 radical (unpaired) electrons. The van der Waals surface area contributed by atoms with Crippen LogP contribution in [0.5, 0.6) is 0 Å². The zero-order valence-electron chi connectivity index (χ0n) is 16.9. The molecule has 1 N–H and O–H groups in total. The number of benzene rings is 2. The zero-order valence-corrected chi connectivity index (χ0v) is 17.7. The van der Waals surface area contributed by atoms with Crippen LogP contribution in [0.1, 0.15) is 32.8 Å². The minimum atomic E-state index is -0.470. The molecular formula is C23H30N2O2S. The summed E-state index contributed by atoms with van der Waals surface area (Å²) in [5.74, 6) is 0.577. The van der Waals surface area contributed by atoms with E-state index in [0.717, 1.165) is 10.5 Å². The lowest BCUT2D eigenvalue weighted by Gasteiger charge is -2.31. The van der Waals surface area contributed by atoms with Gasteiger partial charge in [0.25, 0.3) is 0 Å². The van der Waals surface area contributed by atoms with Gasteiger partial charge in [0.1, 0.15) is 6.04 Å². The molecule has 5 heteroatoms. The average Bonchev–Trinajstić information content (AvgIpc) is 2.71. The van der Waals surface area contributed by atoms with Crippen molar-refractivity contribution in [1.82, 2.24) is 10.2 Å². The summed E-state index contributed by atoms with van der Waals surface area (Å²) >= 11 is 1.50. The summed E-state index contributed by atoms with van der Waals surface area (Å²) in [5.41, 5.74) is 1.02. The van der Waals surface area contributed by atoms with Gasteiger partial charge in [-0.2, -0.15) is 0 Å². The Kier molecular flexibility index (Phi) is 9.08. The fourth-order valence-electron chi connectivity index (χ4n) is 2.87. The number of carbonyl (C=O) groups is 2. The number of thioether (sulfide) groups is 1. The van der Waals surface area contributed by atoms with Crippen molar-refractivity contribution in [3.63, 3.8) is 0 Å². The van der Waals surface area contributed by atoms with Crippen LogP contribution < -0.4 is 5.32 Å². The third kappa shape index (κ3) is 7.04. The normalized spacial score (nSPS) is 11.9. The number of rotatable bonds is 10. The largest absolute Gasteiger partial charge is 0.354 e. The first-order chi connectivity index (χ1) is 13.5. The van der Waals surface area contributed by atoms with E-state index in [1.54, 1.807) is 4.90 Å². The molecule has 0 aliphatic heterocycles. The maximum Gasteiger partial charge on any atom is 0.242 e. The molecule has 2 aromatic carbocycles. The van der Waals surface area contributed by atoms with E-state index in [-0.39, 0.29) is 11.8 Å². The molecule has 4 nitrogen and oxygen atoms in total. The van der Waals surface area contributed by atoms with E-state index in [9.17, 15) is 9.59 Å². The third-order valence-electron chi connectivity index (χ3n) is 4.37. The lowest BCUT2D eigenvalue weighted by molar-refractivity contribution is -0.139. The third-order valence-corrected chi connectivity index (χ3v) is 5.37. The van der Waals surface area contributed by atoms with Crippen LogP contribution in [0.4, 0.5) is 0 Å². The monoisotopic (exact) mass is 398 g/mol. The minimum Gasteiger partial charge on any atom is -0.354 e. The summed E-state index contributed by atoms with van der Waals surface area (Å²) in [7, 11) is 0. The van der Waals surface area contributed by atoms with Crippen molar-refractivity contribution in [2.75, 3.05) is 12.3 Å². The molecule has 0 aliphatic carbocycles. The van der Waals surface area contributed by atoms with Crippen LogP contribution in [0.2, 0.25) is 0 Å². The topological polar surface area (TPSA) is 49.4 Å². The number of nitrogens with zero attached hydrogens (tertiary/aromatic N) is 1. The van der Waals surface area contributed by atoms with E-state index in [1.807, 2.05) is 67.6 Å². The van der Waals surface area contributed by atoms with Gasteiger partial charge in [-0.05, 0) is 30.0 Å². The molecule has 2 amide bonds. The first-order valence-electron chi connectivity index (χ1n) is 9.80. The average molecular weight is 399 g/mol. The van der Waals surface area contributed by atoms with Gasteiger partial charge >= 0.3 is 0 Å². The molecule has 2 rings (SSSR count). The van der Waals surface area contributed by atoms with Gasteiger partial charge in [0.2, 0.25) is 11.8 Å². The molecule has 0 aliphatic rings. The molecule has 0 aromatic heterocycles. The van der Waals surface area contributed by atoms with E-state index in [0.29, 0.717) is 31.2 Å². The van der Waals surface area contributed by atoms with Crippen molar-refractivity contribution in [1.29, 1.82) is 0 Å². The predicted molar refractivity (Wildman–Crippen MR) is 116 cm³/mol. The van der Waals surface area contributed by atoms with Gasteiger partial charge in [-0.1, -0.05) is 69.3 Å². The first kappa shape index (κ1) is 22.0. The van der Waals surface area contributed by atoms with E-state index in [1.165, 1.54) is 11.8 Å². The molecule has 2 aromatic rings. The fraction of sp³-hybridized carbons (Fsp3) is 0.391. The molecule has 0 unspecified atom stereocenters. The second-order valence-electron chi connectivity index (χ2n) is 7.17. The second kappa shape index (κ2) is 11.5. The quantitative estimate of drug-likeness (QED) is 0.605. The lowest BCUT2D eigenvalue weighted by atomic mass is 10.1. The molecular weight excluding hydrogens is 368 g/mol. The van der Waals surface area contributed by atoms with E-state index in [4.69, 9.17) is 0 Å². The number of nitrogens with one attached hydrogen (secondary N) is 1. The Morgan fingerprint density at radius 3 is 2.18 bits per heavy atom. The highest BCUT2D eigenvalue weighted by Gasteiger charge is 2.28.